The molecule has 1 N–H and O–H groups in total. The van der Waals surface area contributed by atoms with Gasteiger partial charge in [0, 0.05) is 18.1 Å². The zero-order valence-electron chi connectivity index (χ0n) is 15.0. The van der Waals surface area contributed by atoms with Crippen molar-refractivity contribution in [3.8, 4) is 11.5 Å². The number of hydrogen-bond acceptors (Lipinski definition) is 7. The molecule has 2 amide bonds. The molecule has 2 aliphatic rings. The summed E-state index contributed by atoms with van der Waals surface area (Å²) in [6.45, 7) is 1.30. The summed E-state index contributed by atoms with van der Waals surface area (Å²) in [6.07, 6.45) is 0. The number of imide groups is 1. The maximum atomic E-state index is 12.9. The molecular weight excluding hydrogens is 366 g/mol. The Labute approximate surface area is 159 Å². The number of anilines is 1. The number of aliphatic hydroxyl groups excluding tert-OH is 1. The van der Waals surface area contributed by atoms with Gasteiger partial charge in [0.1, 0.15) is 5.76 Å². The molecule has 2 aliphatic heterocycles. The molecule has 142 valence electrons. The number of esters is 1. The number of amides is 2. The van der Waals surface area contributed by atoms with Crippen LogP contribution in [0.1, 0.15) is 28.4 Å². The van der Waals surface area contributed by atoms with Crippen LogP contribution >= 0.6 is 0 Å². The molecule has 0 radical (unpaired) electrons. The van der Waals surface area contributed by atoms with Crippen molar-refractivity contribution in [1.29, 1.82) is 0 Å². The molecule has 0 aromatic heterocycles. The lowest BCUT2D eigenvalue weighted by molar-refractivity contribution is -0.122. The summed E-state index contributed by atoms with van der Waals surface area (Å²) in [5.41, 5.74) is 1.02. The number of nitrogens with zero attached hydrogens (tertiary/aromatic N) is 1. The van der Waals surface area contributed by atoms with Crippen LogP contribution in [0.25, 0.3) is 11.3 Å². The Kier molecular flexibility index (Phi) is 4.03. The Hall–Kier alpha value is -3.81. The van der Waals surface area contributed by atoms with Crippen molar-refractivity contribution in [3.63, 3.8) is 0 Å². The minimum atomic E-state index is -0.681. The Morgan fingerprint density at radius 3 is 2.50 bits per heavy atom. The lowest BCUT2D eigenvalue weighted by Gasteiger charge is -2.12. The smallest absolute Gasteiger partial charge is 0.337 e. The van der Waals surface area contributed by atoms with E-state index >= 15 is 0 Å². The van der Waals surface area contributed by atoms with E-state index < -0.39 is 17.8 Å². The Bertz CT molecular complexity index is 1070. The molecule has 0 atom stereocenters. The van der Waals surface area contributed by atoms with E-state index in [4.69, 9.17) is 14.2 Å². The molecule has 0 fully saturated rings. The number of hydrogen-bond donors (Lipinski definition) is 1. The first kappa shape index (κ1) is 17.6. The lowest BCUT2D eigenvalue weighted by atomic mass is 10.0. The first-order valence-corrected chi connectivity index (χ1v) is 8.33. The van der Waals surface area contributed by atoms with Crippen molar-refractivity contribution in [3.05, 3.63) is 53.1 Å². The Morgan fingerprint density at radius 2 is 1.79 bits per heavy atom. The topological polar surface area (TPSA) is 102 Å². The first-order valence-electron chi connectivity index (χ1n) is 8.33. The minimum Gasteiger partial charge on any atom is -0.506 e. The number of fused-ring (bicyclic) bond motifs is 2. The van der Waals surface area contributed by atoms with E-state index in [1.54, 1.807) is 18.2 Å². The van der Waals surface area contributed by atoms with Gasteiger partial charge in [0.15, 0.2) is 11.5 Å². The maximum absolute atomic E-state index is 12.9. The van der Waals surface area contributed by atoms with E-state index in [2.05, 4.69) is 0 Å². The molecule has 0 bridgehead atoms. The standard InChI is InChI=1S/C20H15NO7/c1-10(22)21-14-7-12(20(25)26-2)3-5-13(14)17(19(21)24)18(23)11-4-6-15-16(8-11)28-9-27-15/h3-8,23H,9H2,1-2H3. The number of carbonyl (C=O) groups excluding carboxylic acids is 3. The van der Waals surface area contributed by atoms with Crippen molar-refractivity contribution in [2.45, 2.75) is 6.92 Å². The molecule has 8 heteroatoms. The number of carbonyl (C=O) groups is 3. The van der Waals surface area contributed by atoms with Gasteiger partial charge in [-0.3, -0.25) is 9.59 Å². The molecule has 28 heavy (non-hydrogen) atoms. The SMILES string of the molecule is COC(=O)c1ccc2c(c1)N(C(C)=O)C(=O)C2=C(O)c1ccc2c(c1)OCO2. The monoisotopic (exact) mass is 381 g/mol. The van der Waals surface area contributed by atoms with Crippen LogP contribution in [-0.2, 0) is 14.3 Å². The summed E-state index contributed by atoms with van der Waals surface area (Å²) in [4.78, 5) is 37.7. The quantitative estimate of drug-likeness (QED) is 0.484. The van der Waals surface area contributed by atoms with E-state index in [1.165, 1.54) is 32.2 Å². The predicted molar refractivity (Wildman–Crippen MR) is 98.0 cm³/mol. The van der Waals surface area contributed by atoms with Crippen molar-refractivity contribution in [2.24, 2.45) is 0 Å². The van der Waals surface area contributed by atoms with Gasteiger partial charge < -0.3 is 19.3 Å². The summed E-state index contributed by atoms with van der Waals surface area (Å²) in [5.74, 6) is -1.15. The molecule has 0 aliphatic carbocycles. The fraction of sp³-hybridized carbons (Fsp3) is 0.150. The Morgan fingerprint density at radius 1 is 1.07 bits per heavy atom. The van der Waals surface area contributed by atoms with E-state index in [9.17, 15) is 19.5 Å². The van der Waals surface area contributed by atoms with Gasteiger partial charge in [0.05, 0.1) is 23.9 Å². The fourth-order valence-corrected chi connectivity index (χ4v) is 3.24. The summed E-state index contributed by atoms with van der Waals surface area (Å²) < 4.78 is 15.2. The molecule has 2 aromatic rings. The van der Waals surface area contributed by atoms with Crippen LogP contribution in [0.5, 0.6) is 11.5 Å². The van der Waals surface area contributed by atoms with Gasteiger partial charge in [-0.15, -0.1) is 0 Å². The zero-order valence-corrected chi connectivity index (χ0v) is 15.0. The largest absolute Gasteiger partial charge is 0.506 e. The number of benzene rings is 2. The Balaban J connectivity index is 1.89. The van der Waals surface area contributed by atoms with Crippen LogP contribution in [0.4, 0.5) is 5.69 Å². The molecule has 2 heterocycles. The second-order valence-corrected chi connectivity index (χ2v) is 6.17. The van der Waals surface area contributed by atoms with Gasteiger partial charge in [-0.05, 0) is 30.3 Å². The van der Waals surface area contributed by atoms with Crippen LogP contribution < -0.4 is 14.4 Å². The fourth-order valence-electron chi connectivity index (χ4n) is 3.24. The van der Waals surface area contributed by atoms with Crippen LogP contribution in [0.15, 0.2) is 36.4 Å². The summed E-state index contributed by atoms with van der Waals surface area (Å²) in [6, 6.07) is 9.12. The highest BCUT2D eigenvalue weighted by Crippen LogP contribution is 2.42. The molecule has 0 spiro atoms. The maximum Gasteiger partial charge on any atom is 0.337 e. The van der Waals surface area contributed by atoms with Gasteiger partial charge in [0.25, 0.3) is 5.91 Å². The van der Waals surface area contributed by atoms with E-state index in [0.717, 1.165) is 4.90 Å². The highest BCUT2D eigenvalue weighted by atomic mass is 16.7. The van der Waals surface area contributed by atoms with Crippen molar-refractivity contribution >= 4 is 34.8 Å². The van der Waals surface area contributed by atoms with Crippen molar-refractivity contribution in [1.82, 2.24) is 0 Å². The van der Waals surface area contributed by atoms with Crippen LogP contribution in [-0.4, -0.2) is 36.8 Å². The number of aliphatic hydroxyl groups is 1. The third-order valence-electron chi connectivity index (χ3n) is 4.54. The summed E-state index contributed by atoms with van der Waals surface area (Å²) >= 11 is 0. The van der Waals surface area contributed by atoms with Gasteiger partial charge in [-0.1, -0.05) is 6.07 Å². The average molecular weight is 381 g/mol. The van der Waals surface area contributed by atoms with Crippen molar-refractivity contribution < 1.29 is 33.7 Å². The number of rotatable bonds is 2. The molecule has 0 saturated carbocycles. The van der Waals surface area contributed by atoms with E-state index in [-0.39, 0.29) is 29.4 Å². The zero-order chi connectivity index (χ0) is 20.0. The van der Waals surface area contributed by atoms with Gasteiger partial charge in [0.2, 0.25) is 12.7 Å². The van der Waals surface area contributed by atoms with E-state index in [1.807, 2.05) is 0 Å². The van der Waals surface area contributed by atoms with Crippen LogP contribution in [0, 0.1) is 0 Å². The molecule has 4 rings (SSSR count). The third kappa shape index (κ3) is 2.58. The van der Waals surface area contributed by atoms with E-state index in [0.29, 0.717) is 22.6 Å². The van der Waals surface area contributed by atoms with Gasteiger partial charge in [-0.25, -0.2) is 9.69 Å². The molecule has 2 aromatic carbocycles. The minimum absolute atomic E-state index is 0.0412. The highest BCUT2D eigenvalue weighted by Gasteiger charge is 2.38. The average Bonchev–Trinajstić information content (AvgIpc) is 3.26. The molecule has 0 unspecified atom stereocenters. The number of methoxy groups -OCH3 is 1. The molecule has 8 nitrogen and oxygen atoms in total. The molecular formula is C20H15NO7. The first-order chi connectivity index (χ1) is 13.4. The van der Waals surface area contributed by atoms with Gasteiger partial charge in [-0.2, -0.15) is 0 Å². The summed E-state index contributed by atoms with van der Waals surface area (Å²) in [7, 11) is 1.24. The predicted octanol–water partition coefficient (Wildman–Crippen LogP) is 2.52. The van der Waals surface area contributed by atoms with Gasteiger partial charge >= 0.3 is 5.97 Å². The highest BCUT2D eigenvalue weighted by molar-refractivity contribution is 6.42. The molecule has 0 saturated heterocycles. The third-order valence-corrected chi connectivity index (χ3v) is 4.54. The normalized spacial score (nSPS) is 16.1. The summed E-state index contributed by atoms with van der Waals surface area (Å²) in [5, 5.41) is 10.8. The second kappa shape index (κ2) is 6.41. The van der Waals surface area contributed by atoms with Crippen LogP contribution in [0.3, 0.4) is 0 Å². The van der Waals surface area contributed by atoms with Crippen molar-refractivity contribution in [2.75, 3.05) is 18.8 Å². The second-order valence-electron chi connectivity index (χ2n) is 6.17. The lowest BCUT2D eigenvalue weighted by Crippen LogP contribution is -2.31. The van der Waals surface area contributed by atoms with Crippen LogP contribution in [0.2, 0.25) is 0 Å². The number of ether oxygens (including phenoxy) is 3.